The maximum Gasteiger partial charge on any atom is 0.340 e. The van der Waals surface area contributed by atoms with E-state index >= 15 is 8.78 Å². The Morgan fingerprint density at radius 2 is 2.23 bits per heavy atom. The molecule has 4 N–H and O–H groups in total. The maximum atomic E-state index is 15.2. The second-order valence-corrected chi connectivity index (χ2v) is 6.63. The minimum absolute atomic E-state index is 0.108. The largest absolute Gasteiger partial charge is 0.478 e. The van der Waals surface area contributed by atoms with Gasteiger partial charge < -0.3 is 25.8 Å². The molecule has 7 nitrogen and oxygen atoms in total. The van der Waals surface area contributed by atoms with Crippen molar-refractivity contribution in [1.29, 1.82) is 0 Å². The molecule has 3 rings (SSSR count). The molecule has 1 aromatic heterocycles. The van der Waals surface area contributed by atoms with Gasteiger partial charge in [0.1, 0.15) is 11.3 Å². The summed E-state index contributed by atoms with van der Waals surface area (Å²) in [6.45, 7) is 0.902. The first-order chi connectivity index (χ1) is 12.4. The van der Waals surface area contributed by atoms with Gasteiger partial charge in [-0.15, -0.1) is 11.3 Å². The molecule has 1 unspecified atom stereocenters. The average Bonchev–Trinajstić information content (AvgIpc) is 2.63. The molecule has 0 saturated carbocycles. The number of hydrogen-bond donors (Lipinski definition) is 3. The maximum absolute atomic E-state index is 15.2. The monoisotopic (exact) mass is 385 g/mol. The summed E-state index contributed by atoms with van der Waals surface area (Å²) in [5.74, 6) is -3.31. The van der Waals surface area contributed by atoms with Crippen molar-refractivity contribution in [2.75, 3.05) is 43.6 Å². The first-order valence-electron chi connectivity index (χ1n) is 7.84. The number of aromatic carboxylic acids is 1. The normalized spacial score (nSPS) is 17.5. The van der Waals surface area contributed by atoms with Crippen LogP contribution in [0.15, 0.2) is 10.2 Å². The third kappa shape index (κ3) is 2.79. The summed E-state index contributed by atoms with van der Waals surface area (Å²) in [5.41, 5.74) is 3.71. The Labute approximate surface area is 151 Å². The second kappa shape index (κ2) is 7.14. The van der Waals surface area contributed by atoms with Crippen LogP contribution in [-0.2, 0) is 4.74 Å². The number of ether oxygens (including phenoxy) is 1. The highest BCUT2D eigenvalue weighted by molar-refractivity contribution is 7.17. The number of nitrogens with zero attached hydrogens (tertiary/aromatic N) is 1. The number of nitrogens with one attached hydrogen (secondary N) is 1. The zero-order valence-corrected chi connectivity index (χ0v) is 14.7. The van der Waals surface area contributed by atoms with Crippen LogP contribution in [-0.4, -0.2) is 50.5 Å². The van der Waals surface area contributed by atoms with Crippen LogP contribution in [0, 0.1) is 11.6 Å². The van der Waals surface area contributed by atoms with E-state index in [0.717, 1.165) is 16.7 Å². The molecule has 140 valence electrons. The van der Waals surface area contributed by atoms with E-state index in [1.54, 1.807) is 0 Å². The van der Waals surface area contributed by atoms with Crippen LogP contribution in [0.25, 0.3) is 10.1 Å². The van der Waals surface area contributed by atoms with Crippen molar-refractivity contribution in [1.82, 2.24) is 0 Å². The Bertz CT molecular complexity index is 934. The molecular weight excluding hydrogens is 368 g/mol. The topological polar surface area (TPSA) is 105 Å². The van der Waals surface area contributed by atoms with Gasteiger partial charge in [-0.1, -0.05) is 0 Å². The van der Waals surface area contributed by atoms with Crippen molar-refractivity contribution in [3.63, 3.8) is 0 Å². The Morgan fingerprint density at radius 3 is 2.85 bits per heavy atom. The van der Waals surface area contributed by atoms with E-state index in [1.165, 1.54) is 11.9 Å². The number of morpholine rings is 1. The minimum Gasteiger partial charge on any atom is -0.478 e. The number of rotatable bonds is 4. The molecule has 0 amide bonds. The van der Waals surface area contributed by atoms with Gasteiger partial charge in [-0.3, -0.25) is 4.79 Å². The number of carboxylic acid groups (broad SMARTS) is 1. The molecule has 1 aromatic carbocycles. The number of nitrogens with two attached hydrogens (primary N) is 1. The zero-order chi connectivity index (χ0) is 19.0. The predicted octanol–water partition coefficient (Wildman–Crippen LogP) is 1.44. The molecule has 2 heterocycles. The fraction of sp³-hybridized carbons (Fsp3) is 0.375. The molecular formula is C16H17F2N3O4S. The predicted molar refractivity (Wildman–Crippen MR) is 95.5 cm³/mol. The number of carboxylic acids is 1. The lowest BCUT2D eigenvalue weighted by molar-refractivity contribution is 0.0696. The van der Waals surface area contributed by atoms with E-state index in [-0.39, 0.29) is 47.8 Å². The van der Waals surface area contributed by atoms with Crippen molar-refractivity contribution < 1.29 is 23.4 Å². The van der Waals surface area contributed by atoms with E-state index in [1.807, 2.05) is 0 Å². The Balaban J connectivity index is 2.35. The smallest absolute Gasteiger partial charge is 0.340 e. The summed E-state index contributed by atoms with van der Waals surface area (Å²) < 4.78 is 35.6. The van der Waals surface area contributed by atoms with Gasteiger partial charge in [0.2, 0.25) is 5.43 Å². The fourth-order valence-electron chi connectivity index (χ4n) is 3.07. The lowest BCUT2D eigenvalue weighted by Gasteiger charge is -2.37. The number of hydrogen-bond acceptors (Lipinski definition) is 7. The first-order valence-corrected chi connectivity index (χ1v) is 8.72. The van der Waals surface area contributed by atoms with Crippen molar-refractivity contribution in [2.45, 2.75) is 6.04 Å². The van der Waals surface area contributed by atoms with Crippen LogP contribution in [0.2, 0.25) is 0 Å². The average molecular weight is 385 g/mol. The molecule has 0 radical (unpaired) electrons. The van der Waals surface area contributed by atoms with Crippen LogP contribution >= 0.6 is 11.3 Å². The van der Waals surface area contributed by atoms with E-state index < -0.39 is 34.6 Å². The standard InChI is InChI=1S/C16H17F2N3O4S/c1-20-12-9-14(22)8(16(23)24)6-26-15(9)11(18)13(10(12)17)21-2-3-25-5-7(21)4-19/h6-7,20H,2-5,19H2,1H3,(H,23,24). The van der Waals surface area contributed by atoms with Crippen molar-refractivity contribution in [3.8, 4) is 0 Å². The zero-order valence-electron chi connectivity index (χ0n) is 13.8. The van der Waals surface area contributed by atoms with E-state index in [4.69, 9.17) is 15.6 Å². The molecule has 1 aliphatic heterocycles. The van der Waals surface area contributed by atoms with Crippen molar-refractivity contribution in [3.05, 3.63) is 32.8 Å². The van der Waals surface area contributed by atoms with Gasteiger partial charge in [-0.2, -0.15) is 0 Å². The lowest BCUT2D eigenvalue weighted by Crippen LogP contribution is -2.50. The molecule has 0 bridgehead atoms. The number of halogens is 2. The molecule has 0 aliphatic carbocycles. The van der Waals surface area contributed by atoms with Crippen molar-refractivity contribution in [2.24, 2.45) is 5.73 Å². The summed E-state index contributed by atoms with van der Waals surface area (Å²) in [5, 5.41) is 12.4. The Morgan fingerprint density at radius 1 is 1.50 bits per heavy atom. The van der Waals surface area contributed by atoms with Crippen LogP contribution in [0.1, 0.15) is 10.4 Å². The molecule has 1 saturated heterocycles. The molecule has 2 aromatic rings. The van der Waals surface area contributed by atoms with E-state index in [9.17, 15) is 9.59 Å². The van der Waals surface area contributed by atoms with E-state index in [2.05, 4.69) is 5.32 Å². The van der Waals surface area contributed by atoms with Gasteiger partial charge >= 0.3 is 5.97 Å². The van der Waals surface area contributed by atoms with Crippen LogP contribution < -0.4 is 21.4 Å². The highest BCUT2D eigenvalue weighted by atomic mass is 32.1. The first kappa shape index (κ1) is 18.5. The van der Waals surface area contributed by atoms with Crippen molar-refractivity contribution >= 4 is 38.8 Å². The SMILES string of the molecule is CNc1c(F)c(N2CCOCC2CN)c(F)c2scc(C(=O)O)c(=O)c12. The Hall–Kier alpha value is -2.30. The molecule has 1 fully saturated rings. The fourth-order valence-corrected chi connectivity index (χ4v) is 4.02. The molecule has 1 atom stereocenters. The third-order valence-corrected chi connectivity index (χ3v) is 5.32. The summed E-state index contributed by atoms with van der Waals surface area (Å²) in [6, 6.07) is -0.412. The quantitative estimate of drug-likeness (QED) is 0.731. The van der Waals surface area contributed by atoms with Gasteiger partial charge in [0.15, 0.2) is 11.6 Å². The van der Waals surface area contributed by atoms with Gasteiger partial charge in [0.25, 0.3) is 0 Å². The summed E-state index contributed by atoms with van der Waals surface area (Å²) >= 11 is 0.746. The highest BCUT2D eigenvalue weighted by Crippen LogP contribution is 2.39. The van der Waals surface area contributed by atoms with Crippen LogP contribution in [0.4, 0.5) is 20.2 Å². The molecule has 0 spiro atoms. The summed E-state index contributed by atoms with van der Waals surface area (Å²) in [4.78, 5) is 25.2. The van der Waals surface area contributed by atoms with Gasteiger partial charge in [-0.05, 0) is 0 Å². The van der Waals surface area contributed by atoms with Gasteiger partial charge in [-0.25, -0.2) is 13.6 Å². The van der Waals surface area contributed by atoms with Crippen LogP contribution in [0.5, 0.6) is 0 Å². The minimum atomic E-state index is -1.45. The van der Waals surface area contributed by atoms with Gasteiger partial charge in [0.05, 0.1) is 35.0 Å². The molecule has 26 heavy (non-hydrogen) atoms. The van der Waals surface area contributed by atoms with E-state index in [0.29, 0.717) is 0 Å². The number of anilines is 2. The number of carbonyl (C=O) groups is 1. The number of benzene rings is 1. The van der Waals surface area contributed by atoms with Crippen LogP contribution in [0.3, 0.4) is 0 Å². The molecule has 1 aliphatic rings. The second-order valence-electron chi connectivity index (χ2n) is 5.75. The number of fused-ring (bicyclic) bond motifs is 1. The summed E-state index contributed by atoms with van der Waals surface area (Å²) in [7, 11) is 1.39. The highest BCUT2D eigenvalue weighted by Gasteiger charge is 2.31. The van der Waals surface area contributed by atoms with Gasteiger partial charge in [0, 0.05) is 25.5 Å². The summed E-state index contributed by atoms with van der Waals surface area (Å²) in [6.07, 6.45) is 0. The lowest BCUT2D eigenvalue weighted by atomic mass is 10.1. The third-order valence-electron chi connectivity index (χ3n) is 4.35. The Kier molecular flexibility index (Phi) is 5.08. The molecule has 10 heteroatoms.